The Bertz CT molecular complexity index is 276. The number of piperidine rings is 1. The Balaban J connectivity index is 2.56. The van der Waals surface area contributed by atoms with E-state index in [1.807, 2.05) is 6.92 Å². The van der Waals surface area contributed by atoms with Gasteiger partial charge >= 0.3 is 6.09 Å². The molecule has 0 radical (unpaired) electrons. The summed E-state index contributed by atoms with van der Waals surface area (Å²) in [5.41, 5.74) is 5.59. The number of aliphatic hydroxyl groups excluding tert-OH is 1. The Hall–Kier alpha value is -0.850. The summed E-state index contributed by atoms with van der Waals surface area (Å²) in [5, 5.41) is 12.9. The van der Waals surface area contributed by atoms with Crippen molar-refractivity contribution in [2.75, 3.05) is 32.8 Å². The molecule has 1 saturated heterocycles. The largest absolute Gasteiger partial charge is 0.450 e. The van der Waals surface area contributed by atoms with E-state index in [-0.39, 0.29) is 24.2 Å². The number of likely N-dealkylation sites (tertiary alicyclic amines) is 1. The first-order chi connectivity index (χ1) is 9.10. The van der Waals surface area contributed by atoms with Gasteiger partial charge in [0.05, 0.1) is 12.7 Å². The van der Waals surface area contributed by atoms with Crippen LogP contribution in [0.5, 0.6) is 0 Å². The van der Waals surface area contributed by atoms with Crippen molar-refractivity contribution < 1.29 is 14.6 Å². The highest BCUT2D eigenvalue weighted by Crippen LogP contribution is 2.21. The van der Waals surface area contributed by atoms with E-state index in [9.17, 15) is 9.90 Å². The molecule has 6 heteroatoms. The fourth-order valence-electron chi connectivity index (χ4n) is 2.65. The zero-order chi connectivity index (χ0) is 14.3. The van der Waals surface area contributed by atoms with E-state index in [0.717, 1.165) is 32.5 Å². The van der Waals surface area contributed by atoms with Crippen LogP contribution in [0, 0.1) is 5.92 Å². The molecule has 1 aliphatic heterocycles. The smallest absolute Gasteiger partial charge is 0.407 e. The summed E-state index contributed by atoms with van der Waals surface area (Å²) in [5.74, 6) is 0.178. The number of amides is 1. The topological polar surface area (TPSA) is 87.8 Å². The number of ether oxygens (including phenoxy) is 1. The first kappa shape index (κ1) is 16.2. The minimum Gasteiger partial charge on any atom is -0.450 e. The molecule has 112 valence electrons. The summed E-state index contributed by atoms with van der Waals surface area (Å²) < 4.78 is 4.91. The van der Waals surface area contributed by atoms with Gasteiger partial charge in [-0.3, -0.25) is 4.90 Å². The standard InChI is InChI=1S/C13H27N3O3/c1-3-12(17)10-7-11(15-13(18)19-4-2)9-16(8-10)6-5-14/h10-12,17H,3-9,14H2,1-2H3,(H,15,18). The number of carbonyl (C=O) groups excluding carboxylic acids is 1. The van der Waals surface area contributed by atoms with Crippen molar-refractivity contribution in [1.29, 1.82) is 0 Å². The molecule has 0 aromatic rings. The number of nitrogens with one attached hydrogen (secondary N) is 1. The van der Waals surface area contributed by atoms with Gasteiger partial charge in [0.25, 0.3) is 0 Å². The van der Waals surface area contributed by atoms with Crippen molar-refractivity contribution in [2.45, 2.75) is 38.8 Å². The molecule has 1 aliphatic rings. The Morgan fingerprint density at radius 2 is 2.26 bits per heavy atom. The summed E-state index contributed by atoms with van der Waals surface area (Å²) in [4.78, 5) is 13.7. The second-order valence-electron chi connectivity index (χ2n) is 5.08. The molecule has 0 bridgehead atoms. The van der Waals surface area contributed by atoms with Crippen molar-refractivity contribution in [3.8, 4) is 0 Å². The molecule has 1 heterocycles. The lowest BCUT2D eigenvalue weighted by atomic mass is 9.88. The van der Waals surface area contributed by atoms with Crippen LogP contribution < -0.4 is 11.1 Å². The van der Waals surface area contributed by atoms with Crippen LogP contribution in [0.3, 0.4) is 0 Å². The van der Waals surface area contributed by atoms with Gasteiger partial charge in [-0.05, 0) is 25.7 Å². The third-order valence-electron chi connectivity index (χ3n) is 3.56. The molecule has 3 unspecified atom stereocenters. The average Bonchev–Trinajstić information content (AvgIpc) is 2.38. The summed E-state index contributed by atoms with van der Waals surface area (Å²) in [6.07, 6.45) is 0.807. The van der Waals surface area contributed by atoms with Crippen LogP contribution in [0.2, 0.25) is 0 Å². The van der Waals surface area contributed by atoms with E-state index >= 15 is 0 Å². The number of carbonyl (C=O) groups is 1. The molecular formula is C13H27N3O3. The van der Waals surface area contributed by atoms with Gasteiger partial charge in [0.1, 0.15) is 0 Å². The van der Waals surface area contributed by atoms with Gasteiger partial charge in [-0.1, -0.05) is 6.92 Å². The second-order valence-corrected chi connectivity index (χ2v) is 5.08. The maximum absolute atomic E-state index is 11.5. The third-order valence-corrected chi connectivity index (χ3v) is 3.56. The highest BCUT2D eigenvalue weighted by molar-refractivity contribution is 5.67. The molecule has 19 heavy (non-hydrogen) atoms. The molecule has 0 aliphatic carbocycles. The zero-order valence-electron chi connectivity index (χ0n) is 12.0. The average molecular weight is 273 g/mol. The number of nitrogens with two attached hydrogens (primary N) is 1. The lowest BCUT2D eigenvalue weighted by molar-refractivity contribution is 0.0356. The number of rotatable bonds is 6. The van der Waals surface area contributed by atoms with Gasteiger partial charge in [-0.25, -0.2) is 4.79 Å². The van der Waals surface area contributed by atoms with Gasteiger partial charge in [0.2, 0.25) is 0 Å². The fourth-order valence-corrected chi connectivity index (χ4v) is 2.65. The fraction of sp³-hybridized carbons (Fsp3) is 0.923. The maximum Gasteiger partial charge on any atom is 0.407 e. The Morgan fingerprint density at radius 3 is 2.84 bits per heavy atom. The molecule has 6 nitrogen and oxygen atoms in total. The number of nitrogens with zero attached hydrogens (tertiary/aromatic N) is 1. The first-order valence-corrected chi connectivity index (χ1v) is 7.14. The van der Waals surface area contributed by atoms with E-state index in [2.05, 4.69) is 10.2 Å². The third kappa shape index (κ3) is 5.34. The molecule has 0 spiro atoms. The number of alkyl carbamates (subject to hydrolysis) is 1. The van der Waals surface area contributed by atoms with Crippen LogP contribution in [-0.2, 0) is 4.74 Å². The van der Waals surface area contributed by atoms with Crippen molar-refractivity contribution in [3.63, 3.8) is 0 Å². The molecule has 1 amide bonds. The van der Waals surface area contributed by atoms with Crippen LogP contribution in [0.15, 0.2) is 0 Å². The van der Waals surface area contributed by atoms with E-state index in [1.165, 1.54) is 0 Å². The predicted molar refractivity (Wildman–Crippen MR) is 73.8 cm³/mol. The van der Waals surface area contributed by atoms with E-state index < -0.39 is 0 Å². The lowest BCUT2D eigenvalue weighted by Crippen LogP contribution is -2.53. The molecule has 0 saturated carbocycles. The normalized spacial score (nSPS) is 25.9. The quantitative estimate of drug-likeness (QED) is 0.641. The Kier molecular flexibility index (Phi) is 7.12. The number of hydrogen-bond donors (Lipinski definition) is 3. The van der Waals surface area contributed by atoms with Gasteiger partial charge in [-0.2, -0.15) is 0 Å². The molecular weight excluding hydrogens is 246 g/mol. The van der Waals surface area contributed by atoms with Gasteiger partial charge in [0.15, 0.2) is 0 Å². The SMILES string of the molecule is CCOC(=O)NC1CC(C(O)CC)CN(CCN)C1. The predicted octanol–water partition coefficient (Wildman–Crippen LogP) is 0.153. The Labute approximate surface area is 115 Å². The number of aliphatic hydroxyl groups is 1. The van der Waals surface area contributed by atoms with E-state index in [4.69, 9.17) is 10.5 Å². The van der Waals surface area contributed by atoms with Crippen molar-refractivity contribution in [3.05, 3.63) is 0 Å². The molecule has 4 N–H and O–H groups in total. The minimum atomic E-state index is -0.383. The molecule has 1 rings (SSSR count). The van der Waals surface area contributed by atoms with Gasteiger partial charge in [-0.15, -0.1) is 0 Å². The minimum absolute atomic E-state index is 0.0190. The highest BCUT2D eigenvalue weighted by atomic mass is 16.5. The van der Waals surface area contributed by atoms with Crippen molar-refractivity contribution in [1.82, 2.24) is 10.2 Å². The highest BCUT2D eigenvalue weighted by Gasteiger charge is 2.31. The molecule has 0 aromatic carbocycles. The monoisotopic (exact) mass is 273 g/mol. The summed E-state index contributed by atoms with van der Waals surface area (Å²) >= 11 is 0. The maximum atomic E-state index is 11.5. The van der Waals surface area contributed by atoms with Crippen LogP contribution in [0.4, 0.5) is 4.79 Å². The van der Waals surface area contributed by atoms with E-state index in [0.29, 0.717) is 13.2 Å². The summed E-state index contributed by atoms with van der Waals surface area (Å²) in [6, 6.07) is 0.0190. The molecule has 0 aromatic heterocycles. The summed E-state index contributed by atoms with van der Waals surface area (Å²) in [6.45, 7) is 7.10. The Morgan fingerprint density at radius 1 is 1.53 bits per heavy atom. The van der Waals surface area contributed by atoms with Gasteiger partial charge in [0, 0.05) is 32.2 Å². The first-order valence-electron chi connectivity index (χ1n) is 7.14. The van der Waals surface area contributed by atoms with E-state index in [1.54, 1.807) is 6.92 Å². The number of hydrogen-bond acceptors (Lipinski definition) is 5. The molecule has 3 atom stereocenters. The summed E-state index contributed by atoms with van der Waals surface area (Å²) in [7, 11) is 0. The lowest BCUT2D eigenvalue weighted by Gasteiger charge is -2.39. The van der Waals surface area contributed by atoms with Crippen molar-refractivity contribution in [2.24, 2.45) is 11.7 Å². The zero-order valence-corrected chi connectivity index (χ0v) is 12.0. The van der Waals surface area contributed by atoms with Crippen molar-refractivity contribution >= 4 is 6.09 Å². The van der Waals surface area contributed by atoms with Gasteiger partial charge < -0.3 is 20.9 Å². The second kappa shape index (κ2) is 8.35. The van der Waals surface area contributed by atoms with Crippen LogP contribution in [-0.4, -0.2) is 61.0 Å². The molecule has 1 fully saturated rings. The van der Waals surface area contributed by atoms with Crippen LogP contribution >= 0.6 is 0 Å². The van der Waals surface area contributed by atoms with Crippen LogP contribution in [0.1, 0.15) is 26.7 Å². The van der Waals surface area contributed by atoms with Crippen LogP contribution in [0.25, 0.3) is 0 Å².